The van der Waals surface area contributed by atoms with Crippen molar-refractivity contribution in [2.45, 2.75) is 31.2 Å². The second-order valence-electron chi connectivity index (χ2n) is 5.75. The van der Waals surface area contributed by atoms with E-state index in [1.54, 1.807) is 0 Å². The molecule has 0 saturated carbocycles. The van der Waals surface area contributed by atoms with Crippen molar-refractivity contribution in [3.63, 3.8) is 0 Å². The van der Waals surface area contributed by atoms with Crippen LogP contribution < -0.4 is 10.1 Å². The fraction of sp³-hybridized carbons (Fsp3) is 0.625. The van der Waals surface area contributed by atoms with E-state index in [0.717, 1.165) is 12.3 Å². The first kappa shape index (κ1) is 20.6. The molecule has 9 nitrogen and oxygen atoms in total. The number of aromatic nitrogens is 1. The Kier molecular flexibility index (Phi) is 7.33. The minimum atomic E-state index is -3.98. The molecule has 1 saturated heterocycles. The van der Waals surface area contributed by atoms with Gasteiger partial charge < -0.3 is 19.9 Å². The van der Waals surface area contributed by atoms with Crippen molar-refractivity contribution < 1.29 is 27.8 Å². The van der Waals surface area contributed by atoms with Crippen LogP contribution in [0, 0.1) is 0 Å². The number of ether oxygens (including phenoxy) is 2. The van der Waals surface area contributed by atoms with Gasteiger partial charge in [-0.2, -0.15) is 4.31 Å². The van der Waals surface area contributed by atoms with E-state index >= 15 is 0 Å². The zero-order valence-corrected chi connectivity index (χ0v) is 15.8. The van der Waals surface area contributed by atoms with Crippen LogP contribution in [-0.4, -0.2) is 74.3 Å². The summed E-state index contributed by atoms with van der Waals surface area (Å²) in [6, 6.07) is 0.919. The van der Waals surface area contributed by atoms with Gasteiger partial charge in [0.25, 0.3) is 0 Å². The van der Waals surface area contributed by atoms with E-state index in [1.807, 2.05) is 13.8 Å². The zero-order valence-electron chi connectivity index (χ0n) is 15.0. The van der Waals surface area contributed by atoms with E-state index in [9.17, 15) is 18.3 Å². The Morgan fingerprint density at radius 3 is 2.85 bits per heavy atom. The first-order valence-electron chi connectivity index (χ1n) is 8.58. The highest BCUT2D eigenvalue weighted by Crippen LogP contribution is 2.25. The maximum atomic E-state index is 13.0. The van der Waals surface area contributed by atoms with Crippen molar-refractivity contribution in [2.24, 2.45) is 0 Å². The Morgan fingerprint density at radius 1 is 1.42 bits per heavy atom. The molecule has 2 heterocycles. The van der Waals surface area contributed by atoms with E-state index in [1.165, 1.54) is 4.31 Å². The third-order valence-corrected chi connectivity index (χ3v) is 6.09. The summed E-state index contributed by atoms with van der Waals surface area (Å²) in [6.07, 6.45) is 1.68. The quantitative estimate of drug-likeness (QED) is 0.591. The number of nitrogens with zero attached hydrogens (tertiary/aromatic N) is 2. The maximum Gasteiger partial charge on any atom is 0.337 e. The summed E-state index contributed by atoms with van der Waals surface area (Å²) < 4.78 is 37.9. The zero-order chi connectivity index (χ0) is 19.2. The number of carboxylic acids is 1. The molecule has 1 unspecified atom stereocenters. The van der Waals surface area contributed by atoms with Gasteiger partial charge in [0.15, 0.2) is 0 Å². The fourth-order valence-electron chi connectivity index (χ4n) is 2.76. The first-order valence-corrected chi connectivity index (χ1v) is 10.0. The first-order chi connectivity index (χ1) is 12.4. The van der Waals surface area contributed by atoms with E-state index < -0.39 is 16.0 Å². The molecule has 0 spiro atoms. The normalized spacial score (nSPS) is 18.6. The Morgan fingerprint density at radius 2 is 2.19 bits per heavy atom. The van der Waals surface area contributed by atoms with Crippen LogP contribution >= 0.6 is 0 Å². The van der Waals surface area contributed by atoms with Crippen molar-refractivity contribution in [2.75, 3.05) is 39.5 Å². The van der Waals surface area contributed by atoms with Crippen molar-refractivity contribution in [3.8, 4) is 5.88 Å². The highest BCUT2D eigenvalue weighted by Gasteiger charge is 2.35. The number of piperazine rings is 1. The number of sulfonamides is 1. The molecule has 0 aromatic carbocycles. The minimum absolute atomic E-state index is 0.0494. The molecule has 1 aromatic rings. The number of hydrogen-bond donors (Lipinski definition) is 2. The number of rotatable bonds is 9. The summed E-state index contributed by atoms with van der Waals surface area (Å²) in [5.41, 5.74) is -0.347. The Balaban J connectivity index is 2.30. The summed E-state index contributed by atoms with van der Waals surface area (Å²) in [5, 5.41) is 12.6. The van der Waals surface area contributed by atoms with Gasteiger partial charge in [-0.15, -0.1) is 0 Å². The Hall–Kier alpha value is -1.75. The highest BCUT2D eigenvalue weighted by molar-refractivity contribution is 7.89. The van der Waals surface area contributed by atoms with Gasteiger partial charge in [0.05, 0.1) is 18.4 Å². The van der Waals surface area contributed by atoms with Crippen molar-refractivity contribution in [1.29, 1.82) is 0 Å². The number of hydrogen-bond acceptors (Lipinski definition) is 7. The van der Waals surface area contributed by atoms with Crippen LogP contribution in [0.1, 0.15) is 30.6 Å². The van der Waals surface area contributed by atoms with Crippen LogP contribution in [0.25, 0.3) is 0 Å². The lowest BCUT2D eigenvalue weighted by molar-refractivity contribution is 0.0691. The molecule has 2 rings (SSSR count). The van der Waals surface area contributed by atoms with Gasteiger partial charge in [-0.3, -0.25) is 0 Å². The summed E-state index contributed by atoms with van der Waals surface area (Å²) in [7, 11) is -3.98. The average molecular weight is 387 g/mol. The lowest BCUT2D eigenvalue weighted by Gasteiger charge is -2.34. The van der Waals surface area contributed by atoms with Crippen molar-refractivity contribution in [1.82, 2.24) is 14.6 Å². The predicted octanol–water partition coefficient (Wildman–Crippen LogP) is 0.568. The van der Waals surface area contributed by atoms with Crippen LogP contribution in [0.4, 0.5) is 0 Å². The molecule has 2 N–H and O–H groups in total. The van der Waals surface area contributed by atoms with Crippen molar-refractivity contribution in [3.05, 3.63) is 17.8 Å². The molecule has 146 valence electrons. The Labute approximate surface area is 153 Å². The number of aromatic carboxylic acids is 1. The summed E-state index contributed by atoms with van der Waals surface area (Å²) in [4.78, 5) is 15.3. The molecular weight excluding hydrogens is 362 g/mol. The molecule has 1 aliphatic heterocycles. The summed E-state index contributed by atoms with van der Waals surface area (Å²) >= 11 is 0. The molecule has 0 bridgehead atoms. The van der Waals surface area contributed by atoms with Gasteiger partial charge in [-0.05, 0) is 13.3 Å². The van der Waals surface area contributed by atoms with Gasteiger partial charge in [-0.25, -0.2) is 18.2 Å². The van der Waals surface area contributed by atoms with E-state index in [-0.39, 0.29) is 35.5 Å². The van der Waals surface area contributed by atoms with Crippen LogP contribution in [0.3, 0.4) is 0 Å². The third kappa shape index (κ3) is 4.70. The number of pyridine rings is 1. The van der Waals surface area contributed by atoms with E-state index in [4.69, 9.17) is 9.47 Å². The van der Waals surface area contributed by atoms with Crippen LogP contribution in [0.15, 0.2) is 17.2 Å². The number of nitrogens with one attached hydrogen (secondary N) is 1. The second-order valence-corrected chi connectivity index (χ2v) is 7.61. The molecule has 26 heavy (non-hydrogen) atoms. The van der Waals surface area contributed by atoms with Gasteiger partial charge >= 0.3 is 5.97 Å². The standard InChI is InChI=1S/C16H25N3O6S/c1-3-12-10-17-5-6-19(12)26(22,23)14-11-18-15(9-13(14)16(20)21)25-8-7-24-4-2/h9,11-12,17H,3-8,10H2,1-2H3,(H,20,21). The monoisotopic (exact) mass is 387 g/mol. The molecule has 10 heteroatoms. The largest absolute Gasteiger partial charge is 0.478 e. The third-order valence-electron chi connectivity index (χ3n) is 4.11. The lowest BCUT2D eigenvalue weighted by atomic mass is 10.2. The van der Waals surface area contributed by atoms with Crippen LogP contribution in [-0.2, 0) is 14.8 Å². The summed E-state index contributed by atoms with van der Waals surface area (Å²) in [5.74, 6) is -1.29. The maximum absolute atomic E-state index is 13.0. The van der Waals surface area contributed by atoms with Gasteiger partial charge in [0.1, 0.15) is 11.5 Å². The Bertz CT molecular complexity index is 725. The number of carboxylic acid groups (broad SMARTS) is 1. The molecule has 0 aliphatic carbocycles. The highest BCUT2D eigenvalue weighted by atomic mass is 32.2. The molecule has 0 radical (unpaired) electrons. The van der Waals surface area contributed by atoms with E-state index in [0.29, 0.717) is 32.7 Å². The number of carbonyl (C=O) groups is 1. The van der Waals surface area contributed by atoms with Gasteiger partial charge in [-0.1, -0.05) is 6.92 Å². The van der Waals surface area contributed by atoms with Crippen molar-refractivity contribution >= 4 is 16.0 Å². The SMILES string of the molecule is CCOCCOc1cc(C(=O)O)c(S(=O)(=O)N2CCNCC2CC)cn1. The average Bonchev–Trinajstić information content (AvgIpc) is 2.65. The molecule has 1 aliphatic rings. The molecule has 1 aromatic heterocycles. The molecular formula is C16H25N3O6S. The van der Waals surface area contributed by atoms with Crippen LogP contribution in [0.2, 0.25) is 0 Å². The molecule has 1 fully saturated rings. The molecule has 0 amide bonds. The predicted molar refractivity (Wildman–Crippen MR) is 94.0 cm³/mol. The smallest absolute Gasteiger partial charge is 0.337 e. The van der Waals surface area contributed by atoms with Crippen LogP contribution in [0.5, 0.6) is 5.88 Å². The second kappa shape index (κ2) is 9.26. The minimum Gasteiger partial charge on any atom is -0.478 e. The lowest BCUT2D eigenvalue weighted by Crippen LogP contribution is -2.53. The molecule has 1 atom stereocenters. The van der Waals surface area contributed by atoms with Gasteiger partial charge in [0.2, 0.25) is 15.9 Å². The van der Waals surface area contributed by atoms with E-state index in [2.05, 4.69) is 10.3 Å². The fourth-order valence-corrected chi connectivity index (χ4v) is 4.57. The summed E-state index contributed by atoms with van der Waals surface area (Å²) in [6.45, 7) is 6.14. The van der Waals surface area contributed by atoms with Gasteiger partial charge in [0, 0.05) is 38.3 Å². The topological polar surface area (TPSA) is 118 Å².